The molecule has 0 aromatic heterocycles. The van der Waals surface area contributed by atoms with E-state index in [1.807, 2.05) is 0 Å². The molecule has 1 aromatic carbocycles. The Morgan fingerprint density at radius 3 is 1.95 bits per heavy atom. The lowest BCUT2D eigenvalue weighted by atomic mass is 9.96. The van der Waals surface area contributed by atoms with Crippen LogP contribution in [0.5, 0.6) is 0 Å². The van der Waals surface area contributed by atoms with Crippen LogP contribution in [0, 0.1) is 20.2 Å². The molecular weight excluding hydrogens is 504 g/mol. The van der Waals surface area contributed by atoms with Gasteiger partial charge >= 0.3 is 35.3 Å². The highest BCUT2D eigenvalue weighted by Crippen LogP contribution is 2.31. The van der Waals surface area contributed by atoms with Crippen molar-refractivity contribution in [2.45, 2.75) is 58.3 Å². The summed E-state index contributed by atoms with van der Waals surface area (Å²) in [7, 11) is 0. The van der Waals surface area contributed by atoms with Crippen molar-refractivity contribution in [3.63, 3.8) is 0 Å². The molecule has 17 heteroatoms. The third-order valence-corrected chi connectivity index (χ3v) is 4.74. The topological polar surface area (TPSA) is 225 Å². The average molecular weight is 528 g/mol. The zero-order chi connectivity index (χ0) is 27.9. The number of carbonyl (C=O) groups excluding carboxylic acids is 4. The van der Waals surface area contributed by atoms with Gasteiger partial charge in [-0.05, 0) is 6.07 Å². The fourth-order valence-electron chi connectivity index (χ4n) is 3.40. The lowest BCUT2D eigenvalue weighted by molar-refractivity contribution is -0.422. The Hall–Kier alpha value is -4.38. The van der Waals surface area contributed by atoms with Gasteiger partial charge in [0.15, 0.2) is 12.2 Å². The van der Waals surface area contributed by atoms with Crippen LogP contribution in [0.1, 0.15) is 27.7 Å². The van der Waals surface area contributed by atoms with Gasteiger partial charge in [0.25, 0.3) is 0 Å². The maximum atomic E-state index is 11.9. The largest absolute Gasteiger partial charge is 0.463 e. The molecule has 17 nitrogen and oxygen atoms in total. The highest BCUT2D eigenvalue weighted by molar-refractivity contribution is 5.68. The zero-order valence-electron chi connectivity index (χ0n) is 20.0. The van der Waals surface area contributed by atoms with E-state index in [0.29, 0.717) is 0 Å². The van der Waals surface area contributed by atoms with Crippen molar-refractivity contribution >= 4 is 40.9 Å². The van der Waals surface area contributed by atoms with E-state index < -0.39 is 82.3 Å². The molecule has 0 amide bonds. The van der Waals surface area contributed by atoms with Crippen LogP contribution in [0.2, 0.25) is 0 Å². The molecule has 2 N–H and O–H groups in total. The third-order valence-electron chi connectivity index (χ3n) is 4.74. The first kappa shape index (κ1) is 28.9. The van der Waals surface area contributed by atoms with Crippen LogP contribution in [0.4, 0.5) is 17.1 Å². The van der Waals surface area contributed by atoms with Gasteiger partial charge in [-0.3, -0.25) is 39.4 Å². The van der Waals surface area contributed by atoms with Crippen LogP contribution in [-0.4, -0.2) is 71.0 Å². The van der Waals surface area contributed by atoms with Gasteiger partial charge in [-0.15, -0.1) is 0 Å². The Kier molecular flexibility index (Phi) is 9.78. The Bertz CT molecular complexity index is 1080. The van der Waals surface area contributed by atoms with Crippen LogP contribution in [-0.2, 0) is 42.9 Å². The first-order valence-corrected chi connectivity index (χ1v) is 10.5. The summed E-state index contributed by atoms with van der Waals surface area (Å²) in [6.07, 6.45) is -5.55. The smallest absolute Gasteiger partial charge is 0.348 e. The minimum Gasteiger partial charge on any atom is -0.463 e. The molecule has 0 unspecified atom stereocenters. The lowest BCUT2D eigenvalue weighted by Gasteiger charge is -2.44. The molecular formula is C20H24N4O13. The predicted molar refractivity (Wildman–Crippen MR) is 118 cm³/mol. The van der Waals surface area contributed by atoms with Crippen molar-refractivity contribution in [1.82, 2.24) is 5.43 Å². The SMILES string of the molecule is CC(=O)OC[C@@H]1O[C@H](OC(C)=O)[C@H](OC(C)=O)[C@H](NNc2ccc([N+](=O)[O-])c([N+](=O)[O-])c2)[C@@H]1OC(C)=O. The first-order valence-electron chi connectivity index (χ1n) is 10.5. The van der Waals surface area contributed by atoms with Gasteiger partial charge in [0.05, 0.1) is 15.5 Å². The normalized spacial score (nSPS) is 22.8. The number of nitrogens with zero attached hydrogens (tertiary/aromatic N) is 2. The van der Waals surface area contributed by atoms with E-state index in [4.69, 9.17) is 23.7 Å². The van der Waals surface area contributed by atoms with E-state index in [0.717, 1.165) is 45.9 Å². The van der Waals surface area contributed by atoms with Crippen molar-refractivity contribution in [1.29, 1.82) is 0 Å². The first-order chi connectivity index (χ1) is 17.3. The molecule has 0 bridgehead atoms. The van der Waals surface area contributed by atoms with Gasteiger partial charge < -0.3 is 29.1 Å². The molecule has 5 atom stereocenters. The molecule has 202 valence electrons. The van der Waals surface area contributed by atoms with Gasteiger partial charge in [-0.25, -0.2) is 5.43 Å². The van der Waals surface area contributed by atoms with Crippen molar-refractivity contribution < 1.29 is 52.7 Å². The number of nitrogens with one attached hydrogen (secondary N) is 2. The van der Waals surface area contributed by atoms with Crippen LogP contribution >= 0.6 is 0 Å². The van der Waals surface area contributed by atoms with Gasteiger partial charge in [0, 0.05) is 39.8 Å². The van der Waals surface area contributed by atoms with E-state index in [2.05, 4.69) is 10.9 Å². The molecule has 1 saturated heterocycles. The fraction of sp³-hybridized carbons (Fsp3) is 0.500. The molecule has 1 aliphatic heterocycles. The minimum atomic E-state index is -1.56. The highest BCUT2D eigenvalue weighted by Gasteiger charge is 2.51. The molecule has 2 rings (SSSR count). The van der Waals surface area contributed by atoms with Gasteiger partial charge in [0.1, 0.15) is 18.8 Å². The molecule has 0 radical (unpaired) electrons. The third kappa shape index (κ3) is 8.07. The minimum absolute atomic E-state index is 0.0347. The van der Waals surface area contributed by atoms with E-state index in [9.17, 15) is 39.4 Å². The number of hydrogen-bond acceptors (Lipinski definition) is 15. The van der Waals surface area contributed by atoms with Gasteiger partial charge in [-0.2, -0.15) is 0 Å². The summed E-state index contributed by atoms with van der Waals surface area (Å²) in [5, 5.41) is 22.4. The number of nitro groups is 2. The lowest BCUT2D eigenvalue weighted by Crippen LogP contribution is -2.67. The highest BCUT2D eigenvalue weighted by atomic mass is 16.7. The van der Waals surface area contributed by atoms with Crippen molar-refractivity contribution in [2.75, 3.05) is 12.0 Å². The average Bonchev–Trinajstić information content (AvgIpc) is 2.77. The summed E-state index contributed by atoms with van der Waals surface area (Å²) >= 11 is 0. The number of esters is 4. The second kappa shape index (κ2) is 12.5. The molecule has 1 aromatic rings. The summed E-state index contributed by atoms with van der Waals surface area (Å²) < 4.78 is 26.3. The Morgan fingerprint density at radius 2 is 1.43 bits per heavy atom. The van der Waals surface area contributed by atoms with E-state index in [-0.39, 0.29) is 5.69 Å². The number of carbonyl (C=O) groups is 4. The molecule has 1 heterocycles. The quantitative estimate of drug-likeness (QED) is 0.182. The standard InChI is InChI=1S/C20H24N4O13/c1-9(25)33-8-16-18(34-10(2)26)17(19(35-11(3)27)20(37-16)36-12(4)28)22-21-13-5-6-14(23(29)30)15(7-13)24(31)32/h5-7,16-22H,8H2,1-4H3/t16-,17+,18+,19+,20-/m0/s1. The molecule has 0 spiro atoms. The Labute approximate surface area is 208 Å². The van der Waals surface area contributed by atoms with Crippen LogP contribution in [0.3, 0.4) is 0 Å². The number of anilines is 1. The molecule has 0 saturated carbocycles. The summed E-state index contributed by atoms with van der Waals surface area (Å²) in [6.45, 7) is 3.85. The monoisotopic (exact) mass is 528 g/mol. The summed E-state index contributed by atoms with van der Waals surface area (Å²) in [5.41, 5.74) is 3.65. The molecule has 0 aliphatic carbocycles. The maximum absolute atomic E-state index is 11.9. The molecule has 1 aliphatic rings. The van der Waals surface area contributed by atoms with Crippen molar-refractivity contribution in [3.8, 4) is 0 Å². The number of ether oxygens (including phenoxy) is 5. The van der Waals surface area contributed by atoms with E-state index >= 15 is 0 Å². The van der Waals surface area contributed by atoms with Crippen molar-refractivity contribution in [3.05, 3.63) is 38.4 Å². The number of hydrogen-bond donors (Lipinski definition) is 2. The number of benzene rings is 1. The Morgan fingerprint density at radius 1 is 0.865 bits per heavy atom. The predicted octanol–water partition coefficient (Wildman–Crippen LogP) is 0.503. The van der Waals surface area contributed by atoms with Crippen LogP contribution in [0.25, 0.3) is 0 Å². The Balaban J connectivity index is 2.48. The van der Waals surface area contributed by atoms with Crippen LogP contribution in [0.15, 0.2) is 18.2 Å². The van der Waals surface area contributed by atoms with Crippen LogP contribution < -0.4 is 10.9 Å². The molecule has 37 heavy (non-hydrogen) atoms. The summed E-state index contributed by atoms with van der Waals surface area (Å²) in [6, 6.07) is 1.65. The number of rotatable bonds is 10. The second-order valence-corrected chi connectivity index (χ2v) is 7.62. The van der Waals surface area contributed by atoms with E-state index in [1.165, 1.54) is 0 Å². The number of nitro benzene ring substituents is 2. The molecule has 1 fully saturated rings. The maximum Gasteiger partial charge on any atom is 0.348 e. The van der Waals surface area contributed by atoms with Gasteiger partial charge in [-0.1, -0.05) is 0 Å². The summed E-state index contributed by atoms with van der Waals surface area (Å²) in [4.78, 5) is 67.2. The number of hydrazine groups is 1. The van der Waals surface area contributed by atoms with E-state index in [1.54, 1.807) is 0 Å². The summed E-state index contributed by atoms with van der Waals surface area (Å²) in [5.74, 6) is -3.15. The zero-order valence-corrected chi connectivity index (χ0v) is 20.0. The van der Waals surface area contributed by atoms with Gasteiger partial charge in [0.2, 0.25) is 6.29 Å². The fourth-order valence-corrected chi connectivity index (χ4v) is 3.40. The van der Waals surface area contributed by atoms with Crippen molar-refractivity contribution in [2.24, 2.45) is 0 Å². The second-order valence-electron chi connectivity index (χ2n) is 7.62.